The maximum atomic E-state index is 10.3. The van der Waals surface area contributed by atoms with Crippen LogP contribution in [0, 0.1) is 0 Å². The second kappa shape index (κ2) is 3.93. The molecule has 3 heteroatoms. The summed E-state index contributed by atoms with van der Waals surface area (Å²) in [4.78, 5) is 12.1. The van der Waals surface area contributed by atoms with Crippen molar-refractivity contribution in [1.82, 2.24) is 4.90 Å². The van der Waals surface area contributed by atoms with Crippen molar-refractivity contribution in [2.45, 2.75) is 13.8 Å². The fraction of sp³-hybridized carbons (Fsp3) is 0.571. The average Bonchev–Trinajstić information content (AvgIpc) is 1.87. The zero-order chi connectivity index (χ0) is 8.15. The maximum Gasteiger partial charge on any atom is 0.332 e. The predicted molar refractivity (Wildman–Crippen MR) is 39.7 cm³/mol. The minimum absolute atomic E-state index is 0.365. The van der Waals surface area contributed by atoms with E-state index in [9.17, 15) is 4.79 Å². The lowest BCUT2D eigenvalue weighted by molar-refractivity contribution is -0.132. The lowest BCUT2D eigenvalue weighted by Gasteiger charge is -2.09. The fourth-order valence-electron chi connectivity index (χ4n) is 0.477. The predicted octanol–water partition coefficient (Wildman–Crippen LogP) is 0.926. The first-order chi connectivity index (χ1) is 4.57. The number of hydrogen-bond donors (Lipinski definition) is 1. The van der Waals surface area contributed by atoms with Gasteiger partial charge in [-0.2, -0.15) is 0 Å². The quantitative estimate of drug-likeness (QED) is 0.597. The molecule has 0 aliphatic heterocycles. The number of carbonyl (C=O) groups is 1. The van der Waals surface area contributed by atoms with Gasteiger partial charge in [-0.1, -0.05) is 0 Å². The lowest BCUT2D eigenvalue weighted by atomic mass is 10.3. The van der Waals surface area contributed by atoms with Gasteiger partial charge in [0.15, 0.2) is 0 Å². The smallest absolute Gasteiger partial charge is 0.332 e. The minimum atomic E-state index is -0.861. The molecule has 0 atom stereocenters. The van der Waals surface area contributed by atoms with E-state index >= 15 is 0 Å². The summed E-state index contributed by atoms with van der Waals surface area (Å²) in [6.07, 6.45) is 1.61. The molecule has 0 unspecified atom stereocenters. The van der Waals surface area contributed by atoms with Gasteiger partial charge in [0.05, 0.1) is 0 Å². The highest BCUT2D eigenvalue weighted by Crippen LogP contribution is 1.93. The van der Waals surface area contributed by atoms with Crippen LogP contribution in [0.15, 0.2) is 11.8 Å². The molecule has 0 saturated carbocycles. The summed E-state index contributed by atoms with van der Waals surface area (Å²) < 4.78 is 0. The van der Waals surface area contributed by atoms with E-state index in [-0.39, 0.29) is 0 Å². The number of nitrogens with zero attached hydrogens (tertiary/aromatic N) is 1. The zero-order valence-electron chi connectivity index (χ0n) is 6.59. The highest BCUT2D eigenvalue weighted by molar-refractivity contribution is 5.85. The number of carboxylic acids is 1. The molecule has 0 aliphatic carbocycles. The molecule has 0 aliphatic rings. The standard InChI is InChI=1S/C7H13NO2/c1-4-8(3)5-6(2)7(9)10/h5H,4H2,1-3H3,(H,9,10). The van der Waals surface area contributed by atoms with Crippen molar-refractivity contribution in [2.75, 3.05) is 13.6 Å². The molecule has 0 aromatic carbocycles. The van der Waals surface area contributed by atoms with Crippen LogP contribution in [0.2, 0.25) is 0 Å². The summed E-state index contributed by atoms with van der Waals surface area (Å²) in [6, 6.07) is 0. The van der Waals surface area contributed by atoms with Gasteiger partial charge in [-0.3, -0.25) is 0 Å². The SMILES string of the molecule is CCN(C)C=C(C)C(=O)O. The topological polar surface area (TPSA) is 40.5 Å². The van der Waals surface area contributed by atoms with Crippen molar-refractivity contribution in [3.63, 3.8) is 0 Å². The maximum absolute atomic E-state index is 10.3. The Labute approximate surface area is 61.0 Å². The molecule has 3 nitrogen and oxygen atoms in total. The summed E-state index contributed by atoms with van der Waals surface area (Å²) in [7, 11) is 1.84. The van der Waals surface area contributed by atoms with Gasteiger partial charge in [-0.25, -0.2) is 4.79 Å². The average molecular weight is 143 g/mol. The summed E-state index contributed by atoms with van der Waals surface area (Å²) in [5.41, 5.74) is 0.365. The second-order valence-electron chi connectivity index (χ2n) is 2.19. The molecule has 0 aromatic heterocycles. The van der Waals surface area contributed by atoms with Gasteiger partial charge >= 0.3 is 5.97 Å². The third-order valence-electron chi connectivity index (χ3n) is 1.25. The number of hydrogen-bond acceptors (Lipinski definition) is 2. The molecule has 0 heterocycles. The van der Waals surface area contributed by atoms with Gasteiger partial charge in [-0.05, 0) is 13.8 Å². The largest absolute Gasteiger partial charge is 0.478 e. The van der Waals surface area contributed by atoms with Gasteiger partial charge in [0.2, 0.25) is 0 Å². The third-order valence-corrected chi connectivity index (χ3v) is 1.25. The molecule has 58 valence electrons. The van der Waals surface area contributed by atoms with Gasteiger partial charge in [0.1, 0.15) is 0 Å². The monoisotopic (exact) mass is 143 g/mol. The van der Waals surface area contributed by atoms with E-state index in [1.54, 1.807) is 13.1 Å². The van der Waals surface area contributed by atoms with Crippen LogP contribution in [0.4, 0.5) is 0 Å². The van der Waals surface area contributed by atoms with Crippen molar-refractivity contribution in [3.05, 3.63) is 11.8 Å². The first kappa shape index (κ1) is 9.01. The molecule has 10 heavy (non-hydrogen) atoms. The molecule has 0 spiro atoms. The highest BCUT2D eigenvalue weighted by atomic mass is 16.4. The molecule has 0 rings (SSSR count). The fourth-order valence-corrected chi connectivity index (χ4v) is 0.477. The van der Waals surface area contributed by atoms with E-state index in [1.165, 1.54) is 0 Å². The molecule has 0 saturated heterocycles. The molecule has 0 fully saturated rings. The normalized spacial score (nSPS) is 11.3. The molecule has 0 amide bonds. The summed E-state index contributed by atoms with van der Waals surface area (Å²) in [5.74, 6) is -0.861. The van der Waals surface area contributed by atoms with Crippen LogP contribution >= 0.6 is 0 Å². The van der Waals surface area contributed by atoms with Crippen molar-refractivity contribution >= 4 is 5.97 Å². The van der Waals surface area contributed by atoms with Crippen LogP contribution in [-0.2, 0) is 4.79 Å². The highest BCUT2D eigenvalue weighted by Gasteiger charge is 1.98. The Hall–Kier alpha value is -0.990. The number of aliphatic carboxylic acids is 1. The first-order valence-corrected chi connectivity index (χ1v) is 3.20. The van der Waals surface area contributed by atoms with E-state index < -0.39 is 5.97 Å². The lowest BCUT2D eigenvalue weighted by Crippen LogP contribution is -2.11. The number of rotatable bonds is 3. The number of carboxylic acid groups (broad SMARTS) is 1. The van der Waals surface area contributed by atoms with Crippen LogP contribution in [0.25, 0.3) is 0 Å². The Morgan fingerprint density at radius 3 is 2.50 bits per heavy atom. The van der Waals surface area contributed by atoms with E-state index in [4.69, 9.17) is 5.11 Å². The van der Waals surface area contributed by atoms with Crippen molar-refractivity contribution in [1.29, 1.82) is 0 Å². The third kappa shape index (κ3) is 3.12. The van der Waals surface area contributed by atoms with Gasteiger partial charge in [-0.15, -0.1) is 0 Å². The van der Waals surface area contributed by atoms with Crippen LogP contribution in [0.1, 0.15) is 13.8 Å². The Morgan fingerprint density at radius 1 is 1.70 bits per heavy atom. The van der Waals surface area contributed by atoms with Crippen LogP contribution < -0.4 is 0 Å². The van der Waals surface area contributed by atoms with Crippen molar-refractivity contribution in [3.8, 4) is 0 Å². The van der Waals surface area contributed by atoms with E-state index in [1.807, 2.05) is 18.9 Å². The Kier molecular flexibility index (Phi) is 3.54. The summed E-state index contributed by atoms with van der Waals surface area (Å²) >= 11 is 0. The second-order valence-corrected chi connectivity index (χ2v) is 2.19. The van der Waals surface area contributed by atoms with E-state index in [0.29, 0.717) is 5.57 Å². The molecule has 0 bridgehead atoms. The molecular weight excluding hydrogens is 130 g/mol. The van der Waals surface area contributed by atoms with Gasteiger partial charge in [0.25, 0.3) is 0 Å². The molecule has 0 aromatic rings. The zero-order valence-corrected chi connectivity index (χ0v) is 6.59. The van der Waals surface area contributed by atoms with Crippen LogP contribution in [0.5, 0.6) is 0 Å². The Bertz CT molecular complexity index is 152. The van der Waals surface area contributed by atoms with Gasteiger partial charge in [0, 0.05) is 25.4 Å². The summed E-state index contributed by atoms with van der Waals surface area (Å²) in [6.45, 7) is 4.37. The van der Waals surface area contributed by atoms with Crippen LogP contribution in [-0.4, -0.2) is 29.6 Å². The summed E-state index contributed by atoms with van der Waals surface area (Å²) in [5, 5.41) is 8.43. The molecular formula is C7H13NO2. The Balaban J connectivity index is 4.02. The van der Waals surface area contributed by atoms with E-state index in [0.717, 1.165) is 6.54 Å². The van der Waals surface area contributed by atoms with Crippen molar-refractivity contribution in [2.24, 2.45) is 0 Å². The minimum Gasteiger partial charge on any atom is -0.478 e. The van der Waals surface area contributed by atoms with E-state index in [2.05, 4.69) is 0 Å². The Morgan fingerprint density at radius 2 is 2.20 bits per heavy atom. The van der Waals surface area contributed by atoms with Gasteiger partial charge < -0.3 is 10.0 Å². The first-order valence-electron chi connectivity index (χ1n) is 3.20. The van der Waals surface area contributed by atoms with Crippen molar-refractivity contribution < 1.29 is 9.90 Å². The van der Waals surface area contributed by atoms with Crippen LogP contribution in [0.3, 0.4) is 0 Å². The molecule has 1 N–H and O–H groups in total. The molecule has 0 radical (unpaired) electrons.